The fourth-order valence-electron chi connectivity index (χ4n) is 2.20. The first kappa shape index (κ1) is 16.9. The van der Waals surface area contributed by atoms with Crippen molar-refractivity contribution in [2.45, 2.75) is 25.4 Å². The molecule has 0 radical (unpaired) electrons. The second kappa shape index (κ2) is 6.76. The van der Waals surface area contributed by atoms with Gasteiger partial charge in [-0.1, -0.05) is 25.1 Å². The van der Waals surface area contributed by atoms with E-state index in [1.807, 2.05) is 0 Å². The van der Waals surface area contributed by atoms with Crippen LogP contribution in [0.25, 0.3) is 0 Å². The zero-order valence-electron chi connectivity index (χ0n) is 12.2. The van der Waals surface area contributed by atoms with Gasteiger partial charge in [0.2, 0.25) is 5.91 Å². The number of hydrogen-bond acceptors (Lipinski definition) is 2. The molecule has 3 nitrogen and oxygen atoms in total. The highest BCUT2D eigenvalue weighted by molar-refractivity contribution is 5.95. The lowest BCUT2D eigenvalue weighted by Crippen LogP contribution is -2.21. The highest BCUT2D eigenvalue weighted by atomic mass is 19.4. The van der Waals surface area contributed by atoms with Crippen LogP contribution in [-0.4, -0.2) is 10.9 Å². The van der Waals surface area contributed by atoms with Gasteiger partial charge in [0.25, 0.3) is 0 Å². The Morgan fingerprint density at radius 3 is 2.65 bits per heavy atom. The molecule has 1 atom stereocenters. The number of nitrogens with one attached hydrogen (secondary N) is 1. The molecule has 1 amide bonds. The molecule has 2 rings (SSSR count). The van der Waals surface area contributed by atoms with Gasteiger partial charge in [-0.05, 0) is 24.1 Å². The number of amides is 1. The summed E-state index contributed by atoms with van der Waals surface area (Å²) in [5.74, 6) is -2.10. The van der Waals surface area contributed by atoms with Gasteiger partial charge in [-0.15, -0.1) is 0 Å². The van der Waals surface area contributed by atoms with Crippen LogP contribution in [0.2, 0.25) is 0 Å². The molecule has 0 aliphatic carbocycles. The summed E-state index contributed by atoms with van der Waals surface area (Å²) in [7, 11) is 0. The monoisotopic (exact) mass is 326 g/mol. The first-order valence-corrected chi connectivity index (χ1v) is 6.90. The van der Waals surface area contributed by atoms with Crippen LogP contribution in [0.4, 0.5) is 23.2 Å². The molecular weight excluding hydrogens is 312 g/mol. The molecule has 0 saturated heterocycles. The third-order valence-corrected chi connectivity index (χ3v) is 3.37. The van der Waals surface area contributed by atoms with Crippen molar-refractivity contribution in [2.75, 3.05) is 5.32 Å². The van der Waals surface area contributed by atoms with E-state index < -0.39 is 29.4 Å². The van der Waals surface area contributed by atoms with Crippen LogP contribution in [0.1, 0.15) is 30.4 Å². The second-order valence-electron chi connectivity index (χ2n) is 4.93. The Bertz CT molecular complexity index is 700. The van der Waals surface area contributed by atoms with Crippen LogP contribution < -0.4 is 5.32 Å². The molecule has 122 valence electrons. The summed E-state index contributed by atoms with van der Waals surface area (Å²) in [5, 5.41) is 2.38. The summed E-state index contributed by atoms with van der Waals surface area (Å²) in [6, 6.07) is 5.87. The molecule has 7 heteroatoms. The Kier molecular flexibility index (Phi) is 4.98. The number of halogens is 4. The summed E-state index contributed by atoms with van der Waals surface area (Å²) in [5.41, 5.74) is -0.652. The lowest BCUT2D eigenvalue weighted by Gasteiger charge is -2.17. The van der Waals surface area contributed by atoms with E-state index in [1.54, 1.807) is 6.92 Å². The molecule has 1 heterocycles. The number of benzene rings is 1. The van der Waals surface area contributed by atoms with Crippen LogP contribution in [0, 0.1) is 5.82 Å². The number of rotatable bonds is 4. The summed E-state index contributed by atoms with van der Waals surface area (Å²) in [6.45, 7) is 1.67. The van der Waals surface area contributed by atoms with Gasteiger partial charge in [0, 0.05) is 6.20 Å². The number of carbonyl (C=O) groups excluding carboxylic acids is 1. The fourth-order valence-corrected chi connectivity index (χ4v) is 2.20. The lowest BCUT2D eigenvalue weighted by molar-refractivity contribution is -0.137. The van der Waals surface area contributed by atoms with Gasteiger partial charge in [-0.3, -0.25) is 9.78 Å². The average molecular weight is 326 g/mol. The van der Waals surface area contributed by atoms with Gasteiger partial charge in [0.1, 0.15) is 0 Å². The smallest absolute Gasteiger partial charge is 0.323 e. The van der Waals surface area contributed by atoms with E-state index in [1.165, 1.54) is 24.4 Å². The molecule has 0 unspecified atom stereocenters. The molecule has 0 bridgehead atoms. The van der Waals surface area contributed by atoms with Crippen molar-refractivity contribution in [1.82, 2.24) is 4.98 Å². The van der Waals surface area contributed by atoms with E-state index in [2.05, 4.69) is 10.3 Å². The molecule has 0 saturated carbocycles. The minimum atomic E-state index is -4.48. The maximum Gasteiger partial charge on any atom is 0.416 e. The number of hydrogen-bond donors (Lipinski definition) is 1. The molecular formula is C16H14F4N2O. The maximum atomic E-state index is 13.5. The van der Waals surface area contributed by atoms with Crippen molar-refractivity contribution in [2.24, 2.45) is 0 Å². The SMILES string of the molecule is CC[C@@H](C(=O)Nc1ccncc1F)c1cccc(C(F)(F)F)c1. The topological polar surface area (TPSA) is 42.0 Å². The molecule has 1 aromatic carbocycles. The Hall–Kier alpha value is -2.44. The lowest BCUT2D eigenvalue weighted by atomic mass is 9.94. The summed E-state index contributed by atoms with van der Waals surface area (Å²) < 4.78 is 51.9. The van der Waals surface area contributed by atoms with Gasteiger partial charge in [0.15, 0.2) is 5.82 Å². The summed E-state index contributed by atoms with van der Waals surface area (Å²) in [4.78, 5) is 15.8. The number of nitrogens with zero attached hydrogens (tertiary/aromatic N) is 1. The summed E-state index contributed by atoms with van der Waals surface area (Å²) in [6.07, 6.45) is -1.95. The molecule has 0 fully saturated rings. The predicted octanol–water partition coefficient (Wildman–Crippen LogP) is 4.37. The average Bonchev–Trinajstić information content (AvgIpc) is 2.50. The van der Waals surface area contributed by atoms with Gasteiger partial charge < -0.3 is 5.32 Å². The molecule has 1 N–H and O–H groups in total. The van der Waals surface area contributed by atoms with Gasteiger partial charge in [-0.25, -0.2) is 4.39 Å². The Morgan fingerprint density at radius 2 is 2.04 bits per heavy atom. The molecule has 0 aliphatic rings. The minimum absolute atomic E-state index is 0.0598. The first-order chi connectivity index (χ1) is 10.8. The van der Waals surface area contributed by atoms with Gasteiger partial charge >= 0.3 is 6.18 Å². The zero-order valence-corrected chi connectivity index (χ0v) is 12.2. The largest absolute Gasteiger partial charge is 0.416 e. The second-order valence-corrected chi connectivity index (χ2v) is 4.93. The molecule has 0 aliphatic heterocycles. The Balaban J connectivity index is 2.26. The minimum Gasteiger partial charge on any atom is -0.323 e. The standard InChI is InChI=1S/C16H14F4N2O/c1-2-12(10-4-3-5-11(8-10)16(18,19)20)15(23)22-14-6-7-21-9-13(14)17/h3-9,12H,2H2,1H3,(H,21,22,23)/t12-/m1/s1. The van der Waals surface area contributed by atoms with Crippen molar-refractivity contribution < 1.29 is 22.4 Å². The van der Waals surface area contributed by atoms with E-state index >= 15 is 0 Å². The van der Waals surface area contributed by atoms with E-state index in [9.17, 15) is 22.4 Å². The normalized spacial score (nSPS) is 12.7. The molecule has 23 heavy (non-hydrogen) atoms. The molecule has 2 aromatic rings. The van der Waals surface area contributed by atoms with E-state index in [0.29, 0.717) is 0 Å². The van der Waals surface area contributed by atoms with E-state index in [0.717, 1.165) is 18.3 Å². The fraction of sp³-hybridized carbons (Fsp3) is 0.250. The Morgan fingerprint density at radius 1 is 1.30 bits per heavy atom. The maximum absolute atomic E-state index is 13.5. The third-order valence-electron chi connectivity index (χ3n) is 3.37. The number of alkyl halides is 3. The van der Waals surface area contributed by atoms with Crippen LogP contribution >= 0.6 is 0 Å². The predicted molar refractivity (Wildman–Crippen MR) is 77.3 cm³/mol. The number of carbonyl (C=O) groups is 1. The van der Waals surface area contributed by atoms with Crippen LogP contribution in [0.15, 0.2) is 42.7 Å². The number of anilines is 1. The van der Waals surface area contributed by atoms with Crippen molar-refractivity contribution in [3.05, 3.63) is 59.7 Å². The van der Waals surface area contributed by atoms with Gasteiger partial charge in [-0.2, -0.15) is 13.2 Å². The molecule has 1 aromatic heterocycles. The van der Waals surface area contributed by atoms with Crippen LogP contribution in [0.5, 0.6) is 0 Å². The zero-order chi connectivity index (χ0) is 17.0. The van der Waals surface area contributed by atoms with E-state index in [-0.39, 0.29) is 17.7 Å². The van der Waals surface area contributed by atoms with Crippen molar-refractivity contribution in [3.8, 4) is 0 Å². The van der Waals surface area contributed by atoms with Crippen molar-refractivity contribution in [1.29, 1.82) is 0 Å². The van der Waals surface area contributed by atoms with Gasteiger partial charge in [0.05, 0.1) is 23.4 Å². The highest BCUT2D eigenvalue weighted by Crippen LogP contribution is 2.32. The van der Waals surface area contributed by atoms with Crippen LogP contribution in [-0.2, 0) is 11.0 Å². The number of pyridine rings is 1. The van der Waals surface area contributed by atoms with Crippen molar-refractivity contribution >= 4 is 11.6 Å². The van der Waals surface area contributed by atoms with Crippen LogP contribution in [0.3, 0.4) is 0 Å². The number of aromatic nitrogens is 1. The highest BCUT2D eigenvalue weighted by Gasteiger charge is 2.31. The third kappa shape index (κ3) is 4.06. The Labute approximate surface area is 130 Å². The summed E-state index contributed by atoms with van der Waals surface area (Å²) >= 11 is 0. The molecule has 0 spiro atoms. The first-order valence-electron chi connectivity index (χ1n) is 6.90. The van der Waals surface area contributed by atoms with Crippen molar-refractivity contribution in [3.63, 3.8) is 0 Å². The quantitative estimate of drug-likeness (QED) is 0.848. The van der Waals surface area contributed by atoms with E-state index in [4.69, 9.17) is 0 Å².